The molecular weight excluding hydrogens is 292 g/mol. The maximum atomic E-state index is 11.8. The fourth-order valence-electron chi connectivity index (χ4n) is 1.82. The van der Waals surface area contributed by atoms with E-state index in [1.807, 2.05) is 6.92 Å². The number of nitrogens with two attached hydrogens (primary N) is 1. The summed E-state index contributed by atoms with van der Waals surface area (Å²) >= 11 is 1.02. The van der Waals surface area contributed by atoms with Gasteiger partial charge in [0.1, 0.15) is 9.88 Å². The van der Waals surface area contributed by atoms with Crippen LogP contribution in [0.1, 0.15) is 58.7 Å². The van der Waals surface area contributed by atoms with Gasteiger partial charge in [-0.15, -0.1) is 11.3 Å². The molecule has 3 N–H and O–H groups in total. The average molecular weight is 312 g/mol. The molecular formula is C14H20N2O4S. The molecule has 1 rings (SSSR count). The molecule has 116 valence electrons. The van der Waals surface area contributed by atoms with E-state index in [2.05, 4.69) is 5.32 Å². The first kappa shape index (κ1) is 17.2. The van der Waals surface area contributed by atoms with Gasteiger partial charge in [0.05, 0.1) is 12.2 Å². The topological polar surface area (TPSA) is 98.5 Å². The highest BCUT2D eigenvalue weighted by atomic mass is 32.1. The number of anilines is 1. The second-order valence-corrected chi connectivity index (χ2v) is 5.52. The Hall–Kier alpha value is -1.89. The van der Waals surface area contributed by atoms with Crippen LogP contribution in [0.4, 0.5) is 5.00 Å². The van der Waals surface area contributed by atoms with E-state index in [9.17, 15) is 14.4 Å². The normalized spacial score (nSPS) is 10.2. The minimum absolute atomic E-state index is 0.174. The Kier molecular flexibility index (Phi) is 6.36. The first-order valence-corrected chi connectivity index (χ1v) is 7.64. The van der Waals surface area contributed by atoms with Crippen molar-refractivity contribution >= 4 is 34.1 Å². The molecule has 0 bridgehead atoms. The molecule has 0 aliphatic carbocycles. The molecule has 0 fully saturated rings. The van der Waals surface area contributed by atoms with Crippen molar-refractivity contribution in [3.8, 4) is 0 Å². The van der Waals surface area contributed by atoms with E-state index in [1.165, 1.54) is 0 Å². The summed E-state index contributed by atoms with van der Waals surface area (Å²) < 4.78 is 4.93. The van der Waals surface area contributed by atoms with E-state index in [1.54, 1.807) is 13.8 Å². The molecule has 0 unspecified atom stereocenters. The van der Waals surface area contributed by atoms with Crippen LogP contribution in [0.25, 0.3) is 0 Å². The molecule has 0 aromatic carbocycles. The zero-order valence-corrected chi connectivity index (χ0v) is 13.3. The smallest absolute Gasteiger partial charge is 0.348 e. The number of rotatable bonds is 7. The van der Waals surface area contributed by atoms with Crippen LogP contribution in [0.15, 0.2) is 0 Å². The fourth-order valence-corrected chi connectivity index (χ4v) is 2.94. The van der Waals surface area contributed by atoms with Gasteiger partial charge in [0, 0.05) is 6.42 Å². The Morgan fingerprint density at radius 2 is 1.95 bits per heavy atom. The maximum Gasteiger partial charge on any atom is 0.348 e. The molecule has 0 spiro atoms. The number of carbonyl (C=O) groups excluding carboxylic acids is 3. The summed E-state index contributed by atoms with van der Waals surface area (Å²) in [6, 6.07) is 0. The van der Waals surface area contributed by atoms with Gasteiger partial charge in [0.15, 0.2) is 0 Å². The second-order valence-electron chi connectivity index (χ2n) is 4.50. The van der Waals surface area contributed by atoms with Crippen LogP contribution in [0.5, 0.6) is 0 Å². The van der Waals surface area contributed by atoms with Crippen molar-refractivity contribution in [2.75, 3.05) is 11.9 Å². The van der Waals surface area contributed by atoms with Gasteiger partial charge >= 0.3 is 5.97 Å². The van der Waals surface area contributed by atoms with Gasteiger partial charge in [-0.1, -0.05) is 13.3 Å². The molecule has 1 aromatic rings. The average Bonchev–Trinajstić information content (AvgIpc) is 2.73. The van der Waals surface area contributed by atoms with Crippen LogP contribution in [0.3, 0.4) is 0 Å². The largest absolute Gasteiger partial charge is 0.462 e. The molecule has 0 atom stereocenters. The van der Waals surface area contributed by atoms with E-state index in [0.29, 0.717) is 17.0 Å². The molecule has 1 aromatic heterocycles. The zero-order valence-electron chi connectivity index (χ0n) is 12.4. The predicted octanol–water partition coefficient (Wildman–Crippen LogP) is 2.46. The molecule has 0 aliphatic heterocycles. The molecule has 0 aliphatic rings. The highest BCUT2D eigenvalue weighted by Gasteiger charge is 2.24. The Balaban J connectivity index is 3.07. The Bertz CT molecular complexity index is 551. The van der Waals surface area contributed by atoms with Crippen LogP contribution in [-0.2, 0) is 9.53 Å². The summed E-state index contributed by atoms with van der Waals surface area (Å²) in [7, 11) is 0. The third-order valence-electron chi connectivity index (χ3n) is 2.86. The first-order valence-electron chi connectivity index (χ1n) is 6.82. The monoisotopic (exact) mass is 312 g/mol. The first-order chi connectivity index (χ1) is 9.92. The van der Waals surface area contributed by atoms with Gasteiger partial charge in [-0.2, -0.15) is 0 Å². The molecule has 7 heteroatoms. The number of nitrogens with one attached hydrogen (secondary N) is 1. The van der Waals surface area contributed by atoms with E-state index < -0.39 is 11.9 Å². The number of unbranched alkanes of at least 4 members (excludes halogenated alkanes) is 1. The molecule has 0 saturated heterocycles. The quantitative estimate of drug-likeness (QED) is 0.755. The molecule has 1 heterocycles. The molecule has 6 nitrogen and oxygen atoms in total. The summed E-state index contributed by atoms with van der Waals surface area (Å²) in [5.41, 5.74) is 5.96. The minimum atomic E-state index is -0.676. The van der Waals surface area contributed by atoms with Crippen molar-refractivity contribution in [1.29, 1.82) is 0 Å². The lowest BCUT2D eigenvalue weighted by atomic mass is 10.1. The van der Waals surface area contributed by atoms with Crippen LogP contribution < -0.4 is 11.1 Å². The van der Waals surface area contributed by atoms with E-state index in [0.717, 1.165) is 24.2 Å². The van der Waals surface area contributed by atoms with Crippen LogP contribution >= 0.6 is 11.3 Å². The summed E-state index contributed by atoms with van der Waals surface area (Å²) in [4.78, 5) is 35.5. The Morgan fingerprint density at radius 1 is 1.29 bits per heavy atom. The molecule has 21 heavy (non-hydrogen) atoms. The fraction of sp³-hybridized carbons (Fsp3) is 0.500. The van der Waals surface area contributed by atoms with E-state index >= 15 is 0 Å². The van der Waals surface area contributed by atoms with Gasteiger partial charge in [-0.3, -0.25) is 9.59 Å². The lowest BCUT2D eigenvalue weighted by Crippen LogP contribution is -2.17. The van der Waals surface area contributed by atoms with E-state index in [-0.39, 0.29) is 23.0 Å². The van der Waals surface area contributed by atoms with Crippen LogP contribution in [0, 0.1) is 6.92 Å². The van der Waals surface area contributed by atoms with Crippen molar-refractivity contribution in [3.63, 3.8) is 0 Å². The standard InChI is InChI=1S/C14H20N2O4S/c1-4-6-7-9(17)16-13-10(12(15)18)8(3)11(21-13)14(19)20-5-2/h4-7H2,1-3H3,(H2,15,18)(H,16,17). The molecule has 0 radical (unpaired) electrons. The zero-order chi connectivity index (χ0) is 16.0. The number of ether oxygens (including phenoxy) is 1. The SMILES string of the molecule is CCCCC(=O)Nc1sc(C(=O)OCC)c(C)c1C(N)=O. The minimum Gasteiger partial charge on any atom is -0.462 e. The third-order valence-corrected chi connectivity index (χ3v) is 4.05. The van der Waals surface area contributed by atoms with Crippen molar-refractivity contribution in [3.05, 3.63) is 16.0 Å². The van der Waals surface area contributed by atoms with Gasteiger partial charge in [-0.05, 0) is 25.8 Å². The van der Waals surface area contributed by atoms with Crippen molar-refractivity contribution in [2.24, 2.45) is 5.73 Å². The lowest BCUT2D eigenvalue weighted by molar-refractivity contribution is -0.116. The highest BCUT2D eigenvalue weighted by Crippen LogP contribution is 2.33. The van der Waals surface area contributed by atoms with Crippen molar-refractivity contribution in [2.45, 2.75) is 40.0 Å². The number of hydrogen-bond acceptors (Lipinski definition) is 5. The summed E-state index contributed by atoms with van der Waals surface area (Å²) in [5.74, 6) is -1.39. The second kappa shape index (κ2) is 7.78. The highest BCUT2D eigenvalue weighted by molar-refractivity contribution is 7.18. The number of primary amides is 1. The molecule has 2 amide bonds. The number of hydrogen-bond donors (Lipinski definition) is 2. The van der Waals surface area contributed by atoms with Crippen molar-refractivity contribution in [1.82, 2.24) is 0 Å². The van der Waals surface area contributed by atoms with Gasteiger partial charge in [-0.25, -0.2) is 4.79 Å². The number of carbonyl (C=O) groups is 3. The lowest BCUT2D eigenvalue weighted by Gasteiger charge is -2.04. The van der Waals surface area contributed by atoms with Gasteiger partial charge in [0.25, 0.3) is 5.91 Å². The van der Waals surface area contributed by atoms with Crippen LogP contribution in [0.2, 0.25) is 0 Å². The number of thiophene rings is 1. The Labute approximate surface area is 127 Å². The van der Waals surface area contributed by atoms with E-state index in [4.69, 9.17) is 10.5 Å². The number of amides is 2. The van der Waals surface area contributed by atoms with Gasteiger partial charge < -0.3 is 15.8 Å². The summed E-state index contributed by atoms with van der Waals surface area (Å²) in [5, 5.41) is 2.97. The van der Waals surface area contributed by atoms with Crippen molar-refractivity contribution < 1.29 is 19.1 Å². The Morgan fingerprint density at radius 3 is 2.48 bits per heavy atom. The third kappa shape index (κ3) is 4.29. The summed E-state index contributed by atoms with van der Waals surface area (Å²) in [6.45, 7) is 5.53. The molecule has 0 saturated carbocycles. The van der Waals surface area contributed by atoms with Gasteiger partial charge in [0.2, 0.25) is 5.91 Å². The number of esters is 1. The predicted molar refractivity (Wildman–Crippen MR) is 81.7 cm³/mol. The summed E-state index contributed by atoms with van der Waals surface area (Å²) in [6.07, 6.45) is 2.01. The maximum absolute atomic E-state index is 11.8. The van der Waals surface area contributed by atoms with Crippen LogP contribution in [-0.4, -0.2) is 24.4 Å².